The summed E-state index contributed by atoms with van der Waals surface area (Å²) in [6.45, 7) is 0.488. The number of nitrogens with one attached hydrogen (secondary N) is 1. The molecule has 3 aromatic rings. The van der Waals surface area contributed by atoms with Crippen LogP contribution in [0, 0.1) is 0 Å². The topological polar surface area (TPSA) is 51.2 Å². The van der Waals surface area contributed by atoms with Gasteiger partial charge in [-0.05, 0) is 61.1 Å². The van der Waals surface area contributed by atoms with Crippen LogP contribution in [0.2, 0.25) is 5.02 Å². The van der Waals surface area contributed by atoms with E-state index in [1.54, 1.807) is 18.9 Å². The van der Waals surface area contributed by atoms with E-state index >= 15 is 0 Å². The van der Waals surface area contributed by atoms with Gasteiger partial charge >= 0.3 is 0 Å². The number of pyridine rings is 1. The van der Waals surface area contributed by atoms with Gasteiger partial charge in [0.05, 0.1) is 18.4 Å². The van der Waals surface area contributed by atoms with E-state index in [9.17, 15) is 4.79 Å². The van der Waals surface area contributed by atoms with E-state index in [1.165, 1.54) is 16.9 Å². The number of ether oxygens (including phenoxy) is 1. The molecule has 150 valence electrons. The molecule has 0 spiro atoms. The van der Waals surface area contributed by atoms with Crippen LogP contribution in [0.25, 0.3) is 10.9 Å². The SMILES string of the molecule is COc1cccc(CNC(=O)CSc2c3c(nc4cc(Cl)ccc24)CCCC3)c1. The summed E-state index contributed by atoms with van der Waals surface area (Å²) in [5, 5.41) is 4.78. The lowest BCUT2D eigenvalue weighted by Crippen LogP contribution is -2.24. The Morgan fingerprint density at radius 1 is 1.21 bits per heavy atom. The summed E-state index contributed by atoms with van der Waals surface area (Å²) in [6.07, 6.45) is 4.35. The van der Waals surface area contributed by atoms with Crippen molar-refractivity contribution in [1.82, 2.24) is 10.3 Å². The molecule has 6 heteroatoms. The first-order chi connectivity index (χ1) is 14.1. The molecule has 1 heterocycles. The molecule has 4 rings (SSSR count). The van der Waals surface area contributed by atoms with Gasteiger partial charge in [-0.3, -0.25) is 9.78 Å². The highest BCUT2D eigenvalue weighted by Crippen LogP contribution is 2.36. The zero-order valence-electron chi connectivity index (χ0n) is 16.3. The van der Waals surface area contributed by atoms with Crippen LogP contribution in [0.15, 0.2) is 47.4 Å². The highest BCUT2D eigenvalue weighted by Gasteiger charge is 2.19. The van der Waals surface area contributed by atoms with Gasteiger partial charge in [0.2, 0.25) is 5.91 Å². The lowest BCUT2D eigenvalue weighted by Gasteiger charge is -2.20. The number of thioether (sulfide) groups is 1. The fraction of sp³-hybridized carbons (Fsp3) is 0.304. The second kappa shape index (κ2) is 9.06. The molecular formula is C23H23ClN2O2S. The number of halogens is 1. The first-order valence-electron chi connectivity index (χ1n) is 9.77. The molecular weight excluding hydrogens is 404 g/mol. The molecule has 0 fully saturated rings. The minimum atomic E-state index is 0.0151. The minimum Gasteiger partial charge on any atom is -0.497 e. The standard InChI is InChI=1S/C23H23ClN2O2S/c1-28-17-6-4-5-15(11-17)13-25-22(27)14-29-23-18-7-2-3-8-20(18)26-21-12-16(24)9-10-19(21)23/h4-6,9-12H,2-3,7-8,13-14H2,1H3,(H,25,27). The van der Waals surface area contributed by atoms with Crippen LogP contribution >= 0.6 is 23.4 Å². The Hall–Kier alpha value is -2.24. The normalized spacial score (nSPS) is 13.2. The Morgan fingerprint density at radius 2 is 2.07 bits per heavy atom. The molecule has 1 aromatic heterocycles. The predicted molar refractivity (Wildman–Crippen MR) is 119 cm³/mol. The zero-order chi connectivity index (χ0) is 20.2. The lowest BCUT2D eigenvalue weighted by molar-refractivity contribution is -0.118. The summed E-state index contributed by atoms with van der Waals surface area (Å²) in [6, 6.07) is 13.6. The Labute approximate surface area is 180 Å². The Bertz CT molecular complexity index is 1050. The summed E-state index contributed by atoms with van der Waals surface area (Å²) in [5.41, 5.74) is 4.39. The fourth-order valence-electron chi connectivity index (χ4n) is 3.69. The van der Waals surface area contributed by atoms with Gasteiger partial charge in [-0.15, -0.1) is 11.8 Å². The van der Waals surface area contributed by atoms with E-state index in [1.807, 2.05) is 42.5 Å². The maximum atomic E-state index is 12.5. The number of methoxy groups -OCH3 is 1. The molecule has 0 aliphatic heterocycles. The summed E-state index contributed by atoms with van der Waals surface area (Å²) in [5.74, 6) is 1.18. The van der Waals surface area contributed by atoms with Crippen molar-refractivity contribution < 1.29 is 9.53 Å². The van der Waals surface area contributed by atoms with Gasteiger partial charge in [0.15, 0.2) is 0 Å². The summed E-state index contributed by atoms with van der Waals surface area (Å²) < 4.78 is 5.24. The molecule has 29 heavy (non-hydrogen) atoms. The molecule has 0 radical (unpaired) electrons. The highest BCUT2D eigenvalue weighted by atomic mass is 35.5. The molecule has 0 saturated heterocycles. The molecule has 4 nitrogen and oxygen atoms in total. The lowest BCUT2D eigenvalue weighted by atomic mass is 9.94. The average Bonchev–Trinajstić information content (AvgIpc) is 2.75. The van der Waals surface area contributed by atoms with Crippen molar-refractivity contribution in [3.8, 4) is 5.75 Å². The molecule has 1 aliphatic carbocycles. The smallest absolute Gasteiger partial charge is 0.230 e. The molecule has 1 N–H and O–H groups in total. The van der Waals surface area contributed by atoms with Crippen LogP contribution in [-0.4, -0.2) is 23.8 Å². The number of nitrogens with zero attached hydrogens (tertiary/aromatic N) is 1. The van der Waals surface area contributed by atoms with Gasteiger partial charge in [0.25, 0.3) is 0 Å². The van der Waals surface area contributed by atoms with Crippen LogP contribution in [0.3, 0.4) is 0 Å². The number of aromatic nitrogens is 1. The molecule has 0 bridgehead atoms. The highest BCUT2D eigenvalue weighted by molar-refractivity contribution is 8.00. The second-order valence-electron chi connectivity index (χ2n) is 7.15. The number of fused-ring (bicyclic) bond motifs is 2. The number of aryl methyl sites for hydroxylation is 1. The third-order valence-corrected chi connectivity index (χ3v) is 6.54. The van der Waals surface area contributed by atoms with E-state index in [0.717, 1.165) is 47.2 Å². The second-order valence-corrected chi connectivity index (χ2v) is 8.57. The van der Waals surface area contributed by atoms with Crippen molar-refractivity contribution in [2.45, 2.75) is 37.1 Å². The number of amides is 1. The molecule has 1 aliphatic rings. The third kappa shape index (κ3) is 4.68. The van der Waals surface area contributed by atoms with Gasteiger partial charge in [-0.1, -0.05) is 29.8 Å². The number of carbonyl (C=O) groups is 1. The third-order valence-electron chi connectivity index (χ3n) is 5.14. The van der Waals surface area contributed by atoms with Crippen LogP contribution in [0.5, 0.6) is 5.75 Å². The van der Waals surface area contributed by atoms with Crippen molar-refractivity contribution in [2.24, 2.45) is 0 Å². The number of rotatable bonds is 6. The maximum Gasteiger partial charge on any atom is 0.230 e. The summed E-state index contributed by atoms with van der Waals surface area (Å²) in [7, 11) is 1.64. The van der Waals surface area contributed by atoms with Crippen molar-refractivity contribution in [1.29, 1.82) is 0 Å². The zero-order valence-corrected chi connectivity index (χ0v) is 17.9. The van der Waals surface area contributed by atoms with Gasteiger partial charge in [-0.2, -0.15) is 0 Å². The first-order valence-corrected chi connectivity index (χ1v) is 11.1. The van der Waals surface area contributed by atoms with E-state index in [-0.39, 0.29) is 5.91 Å². The monoisotopic (exact) mass is 426 g/mol. The Kier molecular flexibility index (Phi) is 6.26. The number of carbonyl (C=O) groups excluding carboxylic acids is 1. The van der Waals surface area contributed by atoms with Crippen molar-refractivity contribution in [3.63, 3.8) is 0 Å². The number of hydrogen-bond acceptors (Lipinski definition) is 4. The van der Waals surface area contributed by atoms with Crippen LogP contribution < -0.4 is 10.1 Å². The number of benzene rings is 2. The molecule has 2 aromatic carbocycles. The number of hydrogen-bond donors (Lipinski definition) is 1. The summed E-state index contributed by atoms with van der Waals surface area (Å²) >= 11 is 7.78. The fourth-order valence-corrected chi connectivity index (χ4v) is 4.96. The quantitative estimate of drug-likeness (QED) is 0.551. The molecule has 0 atom stereocenters. The minimum absolute atomic E-state index is 0.0151. The van der Waals surface area contributed by atoms with Crippen LogP contribution in [0.4, 0.5) is 0 Å². The largest absolute Gasteiger partial charge is 0.497 e. The van der Waals surface area contributed by atoms with E-state index < -0.39 is 0 Å². The molecule has 1 amide bonds. The first kappa shape index (κ1) is 20.0. The maximum absolute atomic E-state index is 12.5. The van der Waals surface area contributed by atoms with Crippen LogP contribution in [-0.2, 0) is 24.2 Å². The average molecular weight is 427 g/mol. The Balaban J connectivity index is 1.49. The predicted octanol–water partition coefficient (Wildman–Crippen LogP) is 5.18. The summed E-state index contributed by atoms with van der Waals surface area (Å²) in [4.78, 5) is 18.5. The van der Waals surface area contributed by atoms with Crippen LogP contribution in [0.1, 0.15) is 29.7 Å². The van der Waals surface area contributed by atoms with Gasteiger partial charge < -0.3 is 10.1 Å². The van der Waals surface area contributed by atoms with Gasteiger partial charge in [-0.25, -0.2) is 0 Å². The van der Waals surface area contributed by atoms with Crippen molar-refractivity contribution >= 4 is 40.2 Å². The Morgan fingerprint density at radius 3 is 2.93 bits per heavy atom. The molecule has 0 saturated carbocycles. The van der Waals surface area contributed by atoms with Crippen molar-refractivity contribution in [3.05, 3.63) is 64.3 Å². The van der Waals surface area contributed by atoms with E-state index in [2.05, 4.69) is 5.32 Å². The van der Waals surface area contributed by atoms with E-state index in [4.69, 9.17) is 21.3 Å². The van der Waals surface area contributed by atoms with Gasteiger partial charge in [0.1, 0.15) is 5.75 Å². The van der Waals surface area contributed by atoms with Gasteiger partial charge in [0, 0.05) is 27.5 Å². The van der Waals surface area contributed by atoms with Crippen molar-refractivity contribution in [2.75, 3.05) is 12.9 Å². The van der Waals surface area contributed by atoms with E-state index in [0.29, 0.717) is 17.3 Å². The molecule has 0 unspecified atom stereocenters.